The summed E-state index contributed by atoms with van der Waals surface area (Å²) in [6, 6.07) is 14.8. The van der Waals surface area contributed by atoms with E-state index in [9.17, 15) is 18.6 Å². The first kappa shape index (κ1) is 19.6. The number of benzene rings is 2. The molecule has 2 N–H and O–H groups in total. The van der Waals surface area contributed by atoms with Gasteiger partial charge in [-0.15, -0.1) is 0 Å². The summed E-state index contributed by atoms with van der Waals surface area (Å²) < 4.78 is 27.4. The minimum Gasteiger partial charge on any atom is -0.395 e. The molecule has 0 aliphatic heterocycles. The fourth-order valence-electron chi connectivity index (χ4n) is 2.84. The molecule has 2 aromatic rings. The molecule has 2 aromatic carbocycles. The predicted octanol–water partition coefficient (Wildman–Crippen LogP) is 2.41. The second kappa shape index (κ2) is 8.10. The molecular formula is C19H25NO4S. The molecule has 0 saturated carbocycles. The van der Waals surface area contributed by atoms with Crippen molar-refractivity contribution in [1.82, 2.24) is 4.31 Å². The quantitative estimate of drug-likeness (QED) is 0.792. The molecule has 2 rings (SSSR count). The average Bonchev–Trinajstić information content (AvgIpc) is 2.62. The highest BCUT2D eigenvalue weighted by Crippen LogP contribution is 2.30. The summed E-state index contributed by atoms with van der Waals surface area (Å²) in [5, 5.41) is 20.3. The second-order valence-electron chi connectivity index (χ2n) is 6.37. The van der Waals surface area contributed by atoms with Gasteiger partial charge in [-0.3, -0.25) is 0 Å². The maximum Gasteiger partial charge on any atom is 0.243 e. The van der Waals surface area contributed by atoms with Gasteiger partial charge in [0.2, 0.25) is 10.0 Å². The molecular weight excluding hydrogens is 338 g/mol. The third-order valence-electron chi connectivity index (χ3n) is 4.41. The molecule has 0 aromatic heterocycles. The van der Waals surface area contributed by atoms with Gasteiger partial charge in [0.1, 0.15) is 6.10 Å². The van der Waals surface area contributed by atoms with E-state index in [1.807, 2.05) is 19.9 Å². The van der Waals surface area contributed by atoms with Crippen LogP contribution in [0, 0.1) is 5.92 Å². The molecule has 2 atom stereocenters. The highest BCUT2D eigenvalue weighted by Gasteiger charge is 2.32. The molecule has 6 heteroatoms. The van der Waals surface area contributed by atoms with Gasteiger partial charge >= 0.3 is 0 Å². The van der Waals surface area contributed by atoms with Crippen LogP contribution in [-0.2, 0) is 10.0 Å². The van der Waals surface area contributed by atoms with E-state index in [2.05, 4.69) is 0 Å². The number of nitrogens with zero attached hydrogens (tertiary/aromatic N) is 1. The van der Waals surface area contributed by atoms with Gasteiger partial charge in [-0.05, 0) is 17.5 Å². The third-order valence-corrected chi connectivity index (χ3v) is 6.37. The van der Waals surface area contributed by atoms with Gasteiger partial charge in [-0.1, -0.05) is 62.4 Å². The molecule has 25 heavy (non-hydrogen) atoms. The zero-order valence-electron chi connectivity index (χ0n) is 14.7. The number of likely N-dealkylation sites (N-methyl/N-ethyl adjacent to an activating group) is 1. The van der Waals surface area contributed by atoms with Crippen molar-refractivity contribution in [2.75, 3.05) is 13.7 Å². The van der Waals surface area contributed by atoms with E-state index in [-0.39, 0.29) is 17.4 Å². The van der Waals surface area contributed by atoms with Crippen LogP contribution in [0.4, 0.5) is 0 Å². The number of sulfonamides is 1. The number of hydrogen-bond donors (Lipinski definition) is 2. The molecule has 5 nitrogen and oxygen atoms in total. The Kier molecular flexibility index (Phi) is 6.35. The van der Waals surface area contributed by atoms with E-state index in [1.165, 1.54) is 17.4 Å². The average molecular weight is 363 g/mol. The summed E-state index contributed by atoms with van der Waals surface area (Å²) in [4.78, 5) is 0.0490. The predicted molar refractivity (Wildman–Crippen MR) is 97.6 cm³/mol. The molecule has 0 aliphatic rings. The largest absolute Gasteiger partial charge is 0.395 e. The fraction of sp³-hybridized carbons (Fsp3) is 0.368. The van der Waals surface area contributed by atoms with Crippen molar-refractivity contribution in [3.05, 3.63) is 65.7 Å². The summed E-state index contributed by atoms with van der Waals surface area (Å²) >= 11 is 0. The van der Waals surface area contributed by atoms with Crippen molar-refractivity contribution >= 4 is 10.0 Å². The van der Waals surface area contributed by atoms with Crippen LogP contribution in [-0.4, -0.2) is 42.6 Å². The van der Waals surface area contributed by atoms with Crippen LogP contribution in [0.5, 0.6) is 0 Å². The number of rotatable bonds is 7. The van der Waals surface area contributed by atoms with E-state index >= 15 is 0 Å². The fourth-order valence-corrected chi connectivity index (χ4v) is 4.54. The highest BCUT2D eigenvalue weighted by atomic mass is 32.2. The summed E-state index contributed by atoms with van der Waals surface area (Å²) in [7, 11) is -2.41. The Bertz CT molecular complexity index is 790. The van der Waals surface area contributed by atoms with E-state index in [0.717, 1.165) is 0 Å². The van der Waals surface area contributed by atoms with Crippen molar-refractivity contribution in [2.45, 2.75) is 30.9 Å². The van der Waals surface area contributed by atoms with Gasteiger partial charge in [-0.25, -0.2) is 8.42 Å². The summed E-state index contributed by atoms with van der Waals surface area (Å²) in [6.07, 6.45) is -1.05. The SMILES string of the molecule is CC(C)[C@@H](CO)N(C)S(=O)(=O)c1ccccc1[C@@H](O)c1ccccc1. The van der Waals surface area contributed by atoms with Gasteiger partial charge in [0.15, 0.2) is 0 Å². The second-order valence-corrected chi connectivity index (χ2v) is 8.33. The molecule has 0 bridgehead atoms. The Morgan fingerprint density at radius 2 is 1.56 bits per heavy atom. The van der Waals surface area contributed by atoms with E-state index in [1.54, 1.807) is 42.5 Å². The molecule has 0 spiro atoms. The zero-order valence-corrected chi connectivity index (χ0v) is 15.5. The van der Waals surface area contributed by atoms with Crippen molar-refractivity contribution < 1.29 is 18.6 Å². The van der Waals surface area contributed by atoms with Gasteiger partial charge < -0.3 is 10.2 Å². The molecule has 0 amide bonds. The summed E-state index contributed by atoms with van der Waals surface area (Å²) in [5.74, 6) is -0.0454. The first-order valence-electron chi connectivity index (χ1n) is 8.21. The van der Waals surface area contributed by atoms with Crippen LogP contribution in [0.25, 0.3) is 0 Å². The monoisotopic (exact) mass is 363 g/mol. The Balaban J connectivity index is 2.49. The van der Waals surface area contributed by atoms with Crippen LogP contribution in [0.15, 0.2) is 59.5 Å². The van der Waals surface area contributed by atoms with Gasteiger partial charge in [-0.2, -0.15) is 4.31 Å². The Morgan fingerprint density at radius 1 is 1.00 bits per heavy atom. The first-order chi connectivity index (χ1) is 11.8. The van der Waals surface area contributed by atoms with E-state index in [0.29, 0.717) is 11.1 Å². The van der Waals surface area contributed by atoms with Gasteiger partial charge in [0.25, 0.3) is 0 Å². The molecule has 0 saturated heterocycles. The summed E-state index contributed by atoms with van der Waals surface area (Å²) in [6.45, 7) is 3.45. The highest BCUT2D eigenvalue weighted by molar-refractivity contribution is 7.89. The maximum absolute atomic E-state index is 13.1. The van der Waals surface area contributed by atoms with Crippen LogP contribution in [0.2, 0.25) is 0 Å². The third kappa shape index (κ3) is 4.10. The maximum atomic E-state index is 13.1. The zero-order chi connectivity index (χ0) is 18.6. The van der Waals surface area contributed by atoms with Crippen LogP contribution in [0.3, 0.4) is 0 Å². The lowest BCUT2D eigenvalue weighted by molar-refractivity contribution is 0.167. The minimum absolute atomic E-state index is 0.0454. The number of aliphatic hydroxyl groups excluding tert-OH is 2. The molecule has 0 heterocycles. The lowest BCUT2D eigenvalue weighted by Gasteiger charge is -2.30. The molecule has 0 radical (unpaired) electrons. The number of hydrogen-bond acceptors (Lipinski definition) is 4. The molecule has 0 unspecified atom stereocenters. The Labute approximate surface area is 149 Å². The topological polar surface area (TPSA) is 77.8 Å². The first-order valence-corrected chi connectivity index (χ1v) is 9.65. The standard InChI is InChI=1S/C19H25NO4S/c1-14(2)17(13-21)20(3)25(23,24)18-12-8-7-11-16(18)19(22)15-9-5-4-6-10-15/h4-12,14,17,19,21-22H,13H2,1-3H3/t17-,19+/m1/s1. The van der Waals surface area contributed by atoms with Crippen molar-refractivity contribution in [3.8, 4) is 0 Å². The minimum atomic E-state index is -3.87. The van der Waals surface area contributed by atoms with Crippen molar-refractivity contribution in [3.63, 3.8) is 0 Å². The Morgan fingerprint density at radius 3 is 2.12 bits per heavy atom. The van der Waals surface area contributed by atoms with Crippen LogP contribution in [0.1, 0.15) is 31.1 Å². The summed E-state index contributed by atoms with van der Waals surface area (Å²) in [5.41, 5.74) is 0.941. The smallest absolute Gasteiger partial charge is 0.243 e. The van der Waals surface area contributed by atoms with Crippen LogP contribution >= 0.6 is 0 Å². The lowest BCUT2D eigenvalue weighted by Crippen LogP contribution is -2.43. The van der Waals surface area contributed by atoms with Crippen LogP contribution < -0.4 is 0 Å². The molecule has 0 fully saturated rings. The van der Waals surface area contributed by atoms with E-state index in [4.69, 9.17) is 0 Å². The lowest BCUT2D eigenvalue weighted by atomic mass is 10.0. The van der Waals surface area contributed by atoms with E-state index < -0.39 is 22.2 Å². The molecule has 0 aliphatic carbocycles. The van der Waals surface area contributed by atoms with Gasteiger partial charge in [0.05, 0.1) is 17.5 Å². The van der Waals surface area contributed by atoms with Gasteiger partial charge in [0, 0.05) is 12.6 Å². The van der Waals surface area contributed by atoms with Crippen molar-refractivity contribution in [1.29, 1.82) is 0 Å². The number of aliphatic hydroxyl groups is 2. The van der Waals surface area contributed by atoms with Crippen molar-refractivity contribution in [2.24, 2.45) is 5.92 Å². The molecule has 136 valence electrons. The Hall–Kier alpha value is -1.73. The normalized spacial score (nSPS) is 14.7.